The SMILES string of the molecule is COc1c(Br)cc(Br)c2nc(C(=O)O)cc(Cl)c12. The third-order valence-corrected chi connectivity index (χ3v) is 3.81. The summed E-state index contributed by atoms with van der Waals surface area (Å²) < 4.78 is 6.59. The molecule has 1 heterocycles. The first kappa shape index (κ1) is 13.6. The fourth-order valence-corrected chi connectivity index (χ4v) is 3.27. The molecule has 0 amide bonds. The Kier molecular flexibility index (Phi) is 3.79. The lowest BCUT2D eigenvalue weighted by Crippen LogP contribution is -2.01. The van der Waals surface area contributed by atoms with Gasteiger partial charge in [0.1, 0.15) is 11.4 Å². The van der Waals surface area contributed by atoms with Crippen molar-refractivity contribution in [3.8, 4) is 5.75 Å². The van der Waals surface area contributed by atoms with Crippen LogP contribution in [0.2, 0.25) is 5.02 Å². The lowest BCUT2D eigenvalue weighted by molar-refractivity contribution is 0.0691. The summed E-state index contributed by atoms with van der Waals surface area (Å²) in [7, 11) is 1.51. The van der Waals surface area contributed by atoms with Crippen LogP contribution < -0.4 is 4.74 Å². The van der Waals surface area contributed by atoms with E-state index in [0.717, 1.165) is 0 Å². The van der Waals surface area contributed by atoms with Crippen LogP contribution in [0.5, 0.6) is 5.75 Å². The minimum Gasteiger partial charge on any atom is -0.495 e. The van der Waals surface area contributed by atoms with Crippen molar-refractivity contribution in [1.82, 2.24) is 4.98 Å². The zero-order valence-corrected chi connectivity index (χ0v) is 12.9. The topological polar surface area (TPSA) is 59.4 Å². The van der Waals surface area contributed by atoms with E-state index >= 15 is 0 Å². The van der Waals surface area contributed by atoms with Gasteiger partial charge >= 0.3 is 5.97 Å². The van der Waals surface area contributed by atoms with Crippen molar-refractivity contribution in [3.63, 3.8) is 0 Å². The highest BCUT2D eigenvalue weighted by molar-refractivity contribution is 9.11. The molecule has 0 saturated carbocycles. The molecule has 0 atom stereocenters. The Balaban J connectivity index is 2.94. The normalized spacial score (nSPS) is 10.7. The number of carboxylic acids is 1. The number of nitrogens with zero attached hydrogens (tertiary/aromatic N) is 1. The maximum atomic E-state index is 11.0. The van der Waals surface area contributed by atoms with E-state index in [4.69, 9.17) is 21.4 Å². The number of methoxy groups -OCH3 is 1. The van der Waals surface area contributed by atoms with Crippen molar-refractivity contribution in [3.05, 3.63) is 31.8 Å². The average Bonchev–Trinajstić information content (AvgIpc) is 2.30. The molecule has 0 bridgehead atoms. The number of aromatic carboxylic acids is 1. The quantitative estimate of drug-likeness (QED) is 0.831. The summed E-state index contributed by atoms with van der Waals surface area (Å²) in [6, 6.07) is 3.03. The number of aromatic nitrogens is 1. The molecule has 1 aromatic heterocycles. The Labute approximate surface area is 124 Å². The first-order valence-corrected chi connectivity index (χ1v) is 6.67. The zero-order valence-electron chi connectivity index (χ0n) is 9.00. The summed E-state index contributed by atoms with van der Waals surface area (Å²) >= 11 is 12.8. The van der Waals surface area contributed by atoms with Gasteiger partial charge in [0.15, 0.2) is 0 Å². The van der Waals surface area contributed by atoms with Crippen LogP contribution in [-0.2, 0) is 0 Å². The maximum absolute atomic E-state index is 11.0. The highest BCUT2D eigenvalue weighted by Crippen LogP contribution is 2.41. The molecule has 1 aromatic carbocycles. The predicted octanol–water partition coefficient (Wildman–Crippen LogP) is 4.12. The Morgan fingerprint density at radius 3 is 2.61 bits per heavy atom. The molecule has 18 heavy (non-hydrogen) atoms. The highest BCUT2D eigenvalue weighted by atomic mass is 79.9. The summed E-state index contributed by atoms with van der Waals surface area (Å²) in [6.45, 7) is 0. The van der Waals surface area contributed by atoms with E-state index in [1.165, 1.54) is 13.2 Å². The fourth-order valence-electron chi connectivity index (χ4n) is 1.58. The van der Waals surface area contributed by atoms with E-state index in [2.05, 4.69) is 36.8 Å². The van der Waals surface area contributed by atoms with Gasteiger partial charge in [0.05, 0.1) is 27.5 Å². The maximum Gasteiger partial charge on any atom is 0.354 e. The molecule has 1 N–H and O–H groups in total. The number of carbonyl (C=O) groups is 1. The average molecular weight is 395 g/mol. The Hall–Kier alpha value is -0.850. The molecule has 2 rings (SSSR count). The van der Waals surface area contributed by atoms with Crippen LogP contribution in [0.15, 0.2) is 21.1 Å². The fraction of sp³-hybridized carbons (Fsp3) is 0.0909. The van der Waals surface area contributed by atoms with Crippen molar-refractivity contribution in [2.24, 2.45) is 0 Å². The van der Waals surface area contributed by atoms with Gasteiger partial charge in [-0.1, -0.05) is 11.6 Å². The first-order valence-electron chi connectivity index (χ1n) is 4.71. The second-order valence-electron chi connectivity index (χ2n) is 3.39. The number of hydrogen-bond donors (Lipinski definition) is 1. The van der Waals surface area contributed by atoms with Crippen molar-refractivity contribution in [1.29, 1.82) is 0 Å². The summed E-state index contributed by atoms with van der Waals surface area (Å²) in [4.78, 5) is 15.0. The van der Waals surface area contributed by atoms with Gasteiger partial charge in [-0.25, -0.2) is 9.78 Å². The number of pyridine rings is 1. The minimum atomic E-state index is -1.13. The summed E-state index contributed by atoms with van der Waals surface area (Å²) in [6.07, 6.45) is 0. The van der Waals surface area contributed by atoms with E-state index in [-0.39, 0.29) is 10.7 Å². The molecule has 94 valence electrons. The van der Waals surface area contributed by atoms with Gasteiger partial charge in [-0.15, -0.1) is 0 Å². The van der Waals surface area contributed by atoms with Crippen LogP contribution >= 0.6 is 43.5 Å². The van der Waals surface area contributed by atoms with E-state index in [9.17, 15) is 4.79 Å². The van der Waals surface area contributed by atoms with E-state index in [1.807, 2.05) is 0 Å². The van der Waals surface area contributed by atoms with Gasteiger partial charge in [-0.05, 0) is 44.0 Å². The number of rotatable bonds is 2. The summed E-state index contributed by atoms with van der Waals surface area (Å²) in [5.41, 5.74) is 0.331. The third kappa shape index (κ3) is 2.20. The molecule has 7 heteroatoms. The molecule has 0 radical (unpaired) electrons. The largest absolute Gasteiger partial charge is 0.495 e. The Morgan fingerprint density at radius 2 is 2.06 bits per heavy atom. The van der Waals surface area contributed by atoms with Gasteiger partial charge in [-0.2, -0.15) is 0 Å². The molecule has 0 unspecified atom stereocenters. The van der Waals surface area contributed by atoms with Crippen molar-refractivity contribution in [2.45, 2.75) is 0 Å². The van der Waals surface area contributed by atoms with Gasteiger partial charge in [0, 0.05) is 4.47 Å². The highest BCUT2D eigenvalue weighted by Gasteiger charge is 2.17. The van der Waals surface area contributed by atoms with E-state index in [1.54, 1.807) is 6.07 Å². The molecule has 0 spiro atoms. The first-order chi connectivity index (χ1) is 8.45. The van der Waals surface area contributed by atoms with Crippen molar-refractivity contribution in [2.75, 3.05) is 7.11 Å². The molecule has 0 fully saturated rings. The van der Waals surface area contributed by atoms with Gasteiger partial charge in [0.25, 0.3) is 0 Å². The zero-order chi connectivity index (χ0) is 13.4. The van der Waals surface area contributed by atoms with Crippen LogP contribution in [0.1, 0.15) is 10.5 Å². The molecule has 0 saturated heterocycles. The third-order valence-electron chi connectivity index (χ3n) is 2.32. The predicted molar refractivity (Wildman–Crippen MR) is 75.7 cm³/mol. The Morgan fingerprint density at radius 1 is 1.39 bits per heavy atom. The number of benzene rings is 1. The molecule has 0 aliphatic carbocycles. The van der Waals surface area contributed by atoms with E-state index in [0.29, 0.717) is 25.6 Å². The molecular formula is C11H6Br2ClNO3. The molecule has 4 nitrogen and oxygen atoms in total. The van der Waals surface area contributed by atoms with Crippen LogP contribution in [-0.4, -0.2) is 23.2 Å². The number of fused-ring (bicyclic) bond motifs is 1. The lowest BCUT2D eigenvalue weighted by Gasteiger charge is -2.11. The van der Waals surface area contributed by atoms with Crippen molar-refractivity contribution >= 4 is 60.3 Å². The Bertz CT molecular complexity index is 661. The van der Waals surface area contributed by atoms with Gasteiger partial charge in [0.2, 0.25) is 0 Å². The number of carboxylic acid groups (broad SMARTS) is 1. The van der Waals surface area contributed by atoms with Crippen LogP contribution in [0.4, 0.5) is 0 Å². The van der Waals surface area contributed by atoms with E-state index < -0.39 is 5.97 Å². The number of ether oxygens (including phenoxy) is 1. The molecular weight excluding hydrogens is 389 g/mol. The van der Waals surface area contributed by atoms with Crippen molar-refractivity contribution < 1.29 is 14.6 Å². The summed E-state index contributed by atoms with van der Waals surface area (Å²) in [5, 5.41) is 9.80. The standard InChI is InChI=1S/C11H6Br2ClNO3/c1-18-10-5(13)2-4(12)9-8(10)6(14)3-7(15-9)11(16)17/h2-3H,1H3,(H,16,17). The second kappa shape index (κ2) is 5.03. The second-order valence-corrected chi connectivity index (χ2v) is 5.51. The molecule has 0 aliphatic heterocycles. The lowest BCUT2D eigenvalue weighted by atomic mass is 10.2. The van der Waals surface area contributed by atoms with Crippen LogP contribution in [0, 0.1) is 0 Å². The summed E-state index contributed by atoms with van der Waals surface area (Å²) in [5.74, 6) is -0.616. The van der Waals surface area contributed by atoms with Gasteiger partial charge in [-0.3, -0.25) is 0 Å². The number of hydrogen-bond acceptors (Lipinski definition) is 3. The molecule has 0 aliphatic rings. The molecule has 2 aromatic rings. The minimum absolute atomic E-state index is 0.113. The van der Waals surface area contributed by atoms with Crippen LogP contribution in [0.3, 0.4) is 0 Å². The smallest absolute Gasteiger partial charge is 0.354 e. The van der Waals surface area contributed by atoms with Gasteiger partial charge < -0.3 is 9.84 Å². The number of halogens is 3. The van der Waals surface area contributed by atoms with Crippen LogP contribution in [0.25, 0.3) is 10.9 Å². The monoisotopic (exact) mass is 393 g/mol.